The van der Waals surface area contributed by atoms with Gasteiger partial charge in [0.05, 0.1) is 0 Å². The van der Waals surface area contributed by atoms with Crippen LogP contribution in [-0.2, 0) is 16.5 Å². The third-order valence-electron chi connectivity index (χ3n) is 8.27. The number of ether oxygens (including phenoxy) is 2. The van der Waals surface area contributed by atoms with E-state index in [-0.39, 0.29) is 12.2 Å². The van der Waals surface area contributed by atoms with E-state index in [2.05, 4.69) is 77.2 Å². The molecule has 0 unspecified atom stereocenters. The van der Waals surface area contributed by atoms with Crippen molar-refractivity contribution in [3.05, 3.63) is 70.8 Å². The first-order valence-electron chi connectivity index (χ1n) is 16.1. The smallest absolute Gasteiger partial charge is 0.410 e. The number of amides is 2. The van der Waals surface area contributed by atoms with E-state index >= 15 is 0 Å². The molecule has 9 heteroatoms. The Labute approximate surface area is 272 Å². The Morgan fingerprint density at radius 3 is 1.37 bits per heavy atom. The summed E-state index contributed by atoms with van der Waals surface area (Å²) in [6.07, 6.45) is 5.26. The van der Waals surface area contributed by atoms with Gasteiger partial charge >= 0.3 is 12.2 Å². The SMILES string of the molecule is Cc1cc(C2=CCN(C(=O)OC(C)(C)C)CC2)ccc1-c1nnc(-c2ccc(C3=CCN(C(=O)OC(C)(C)C)CC3)cc2C)n1C. The number of nitrogens with zero attached hydrogens (tertiary/aromatic N) is 5. The molecule has 3 aromatic rings. The summed E-state index contributed by atoms with van der Waals surface area (Å²) >= 11 is 0. The number of aryl methyl sites for hydroxylation is 2. The van der Waals surface area contributed by atoms with E-state index in [0.29, 0.717) is 26.2 Å². The van der Waals surface area contributed by atoms with E-state index in [1.165, 1.54) is 11.1 Å². The molecule has 0 fully saturated rings. The second kappa shape index (κ2) is 12.8. The molecule has 0 spiro atoms. The number of hydrogen-bond acceptors (Lipinski definition) is 6. The standard InChI is InChI=1S/C37H47N5O4/c1-24-22-28(26-14-18-41(19-15-26)34(43)45-36(3,4)5)10-12-30(24)32-38-39-33(40(32)9)31-13-11-29(23-25(31)2)27-16-20-42(21-17-27)35(44)46-37(6,7)8/h10-14,16,22-23H,15,17-21H2,1-9H3. The molecule has 1 aromatic heterocycles. The fraction of sp³-hybridized carbons (Fsp3) is 0.459. The van der Waals surface area contributed by atoms with Crippen LogP contribution in [0.2, 0.25) is 0 Å². The lowest BCUT2D eigenvalue weighted by molar-refractivity contribution is 0.0260. The highest BCUT2D eigenvalue weighted by atomic mass is 16.6. The van der Waals surface area contributed by atoms with Crippen molar-refractivity contribution >= 4 is 23.3 Å². The minimum atomic E-state index is -0.503. The molecule has 3 heterocycles. The fourth-order valence-electron chi connectivity index (χ4n) is 5.87. The zero-order valence-corrected chi connectivity index (χ0v) is 28.7. The van der Waals surface area contributed by atoms with Crippen molar-refractivity contribution in [1.82, 2.24) is 24.6 Å². The Hall–Kier alpha value is -4.40. The average Bonchev–Trinajstić information content (AvgIpc) is 3.35. The van der Waals surface area contributed by atoms with Crippen LogP contribution < -0.4 is 0 Å². The average molecular weight is 626 g/mol. The van der Waals surface area contributed by atoms with E-state index in [0.717, 1.165) is 57.9 Å². The molecule has 0 bridgehead atoms. The monoisotopic (exact) mass is 625 g/mol. The fourth-order valence-corrected chi connectivity index (χ4v) is 5.87. The largest absolute Gasteiger partial charge is 0.444 e. The predicted octanol–water partition coefficient (Wildman–Crippen LogP) is 7.81. The van der Waals surface area contributed by atoms with Gasteiger partial charge in [-0.3, -0.25) is 0 Å². The summed E-state index contributed by atoms with van der Waals surface area (Å²) in [5.74, 6) is 1.63. The topological polar surface area (TPSA) is 89.8 Å². The first kappa shape index (κ1) is 33.0. The van der Waals surface area contributed by atoms with Crippen LogP contribution in [0.1, 0.15) is 76.6 Å². The number of rotatable bonds is 4. The molecule has 5 rings (SSSR count). The van der Waals surface area contributed by atoms with Crippen molar-refractivity contribution in [3.63, 3.8) is 0 Å². The maximum Gasteiger partial charge on any atom is 0.410 e. The maximum absolute atomic E-state index is 12.5. The third-order valence-corrected chi connectivity index (χ3v) is 8.27. The van der Waals surface area contributed by atoms with Crippen LogP contribution in [0.15, 0.2) is 48.6 Å². The zero-order chi connectivity index (χ0) is 33.4. The van der Waals surface area contributed by atoms with E-state index in [9.17, 15) is 9.59 Å². The molecule has 0 aliphatic carbocycles. The second-order valence-electron chi connectivity index (χ2n) is 14.3. The quantitative estimate of drug-likeness (QED) is 0.294. The Morgan fingerprint density at radius 1 is 0.674 bits per heavy atom. The lowest BCUT2D eigenvalue weighted by Gasteiger charge is -2.29. The minimum absolute atomic E-state index is 0.269. The molecule has 9 nitrogen and oxygen atoms in total. The van der Waals surface area contributed by atoms with Crippen molar-refractivity contribution in [3.8, 4) is 22.8 Å². The lowest BCUT2D eigenvalue weighted by Crippen LogP contribution is -2.39. The van der Waals surface area contributed by atoms with Crippen molar-refractivity contribution in [2.75, 3.05) is 26.2 Å². The molecule has 0 radical (unpaired) electrons. The van der Waals surface area contributed by atoms with E-state index in [4.69, 9.17) is 9.47 Å². The van der Waals surface area contributed by atoms with Gasteiger partial charge < -0.3 is 23.8 Å². The first-order valence-corrected chi connectivity index (χ1v) is 16.1. The number of carbonyl (C=O) groups is 2. The molecular formula is C37H47N5O4. The van der Waals surface area contributed by atoms with Crippen molar-refractivity contribution in [2.45, 2.75) is 79.4 Å². The van der Waals surface area contributed by atoms with E-state index in [1.54, 1.807) is 9.80 Å². The second-order valence-corrected chi connectivity index (χ2v) is 14.3. The van der Waals surface area contributed by atoms with Crippen LogP contribution in [0.5, 0.6) is 0 Å². The van der Waals surface area contributed by atoms with Gasteiger partial charge in [0, 0.05) is 44.4 Å². The summed E-state index contributed by atoms with van der Waals surface area (Å²) in [4.78, 5) is 28.4. The highest BCUT2D eigenvalue weighted by Gasteiger charge is 2.26. The van der Waals surface area contributed by atoms with Gasteiger partial charge in [0.2, 0.25) is 0 Å². The Bertz CT molecular complexity index is 1580. The molecule has 0 saturated carbocycles. The van der Waals surface area contributed by atoms with Crippen LogP contribution in [0.25, 0.3) is 33.9 Å². The van der Waals surface area contributed by atoms with Gasteiger partial charge in [-0.05, 0) is 102 Å². The van der Waals surface area contributed by atoms with Crippen LogP contribution >= 0.6 is 0 Å². The van der Waals surface area contributed by atoms with Gasteiger partial charge in [0.15, 0.2) is 11.6 Å². The molecule has 46 heavy (non-hydrogen) atoms. The summed E-state index contributed by atoms with van der Waals surface area (Å²) in [5.41, 5.74) is 8.08. The Kier molecular flexibility index (Phi) is 9.16. The third kappa shape index (κ3) is 7.52. The van der Waals surface area contributed by atoms with Gasteiger partial charge in [-0.15, -0.1) is 10.2 Å². The van der Waals surface area contributed by atoms with Crippen LogP contribution in [0.4, 0.5) is 9.59 Å². The summed E-state index contributed by atoms with van der Waals surface area (Å²) in [6.45, 7) is 17.9. The van der Waals surface area contributed by atoms with E-state index in [1.807, 2.05) is 48.6 Å². The van der Waals surface area contributed by atoms with Gasteiger partial charge in [-0.2, -0.15) is 0 Å². The number of carbonyl (C=O) groups excluding carboxylic acids is 2. The van der Waals surface area contributed by atoms with Crippen molar-refractivity contribution in [2.24, 2.45) is 7.05 Å². The number of hydrogen-bond donors (Lipinski definition) is 0. The highest BCUT2D eigenvalue weighted by Crippen LogP contribution is 2.33. The summed E-state index contributed by atoms with van der Waals surface area (Å²) < 4.78 is 13.1. The normalized spacial score (nSPS) is 15.8. The van der Waals surface area contributed by atoms with Gasteiger partial charge in [-0.1, -0.05) is 48.6 Å². The maximum atomic E-state index is 12.5. The Balaban J connectivity index is 1.29. The van der Waals surface area contributed by atoms with Crippen molar-refractivity contribution < 1.29 is 19.1 Å². The predicted molar refractivity (Wildman–Crippen MR) is 182 cm³/mol. The molecule has 2 aliphatic rings. The number of benzene rings is 2. The summed E-state index contributed by atoms with van der Waals surface area (Å²) in [5, 5.41) is 9.21. The Morgan fingerprint density at radius 2 is 1.07 bits per heavy atom. The molecule has 244 valence electrons. The molecule has 0 atom stereocenters. The summed E-state index contributed by atoms with van der Waals surface area (Å²) in [7, 11) is 2.01. The van der Waals surface area contributed by atoms with Gasteiger partial charge in [0.25, 0.3) is 0 Å². The van der Waals surface area contributed by atoms with Gasteiger partial charge in [0.1, 0.15) is 11.2 Å². The van der Waals surface area contributed by atoms with E-state index < -0.39 is 11.2 Å². The van der Waals surface area contributed by atoms with Gasteiger partial charge in [-0.25, -0.2) is 9.59 Å². The highest BCUT2D eigenvalue weighted by molar-refractivity contribution is 5.77. The molecular weight excluding hydrogens is 578 g/mol. The summed E-state index contributed by atoms with van der Waals surface area (Å²) in [6, 6.07) is 12.9. The minimum Gasteiger partial charge on any atom is -0.444 e. The molecule has 0 N–H and O–H groups in total. The molecule has 2 aromatic carbocycles. The van der Waals surface area contributed by atoms with Crippen molar-refractivity contribution in [1.29, 1.82) is 0 Å². The van der Waals surface area contributed by atoms with Crippen LogP contribution in [0, 0.1) is 13.8 Å². The van der Waals surface area contributed by atoms with Crippen LogP contribution in [-0.4, -0.2) is 74.1 Å². The lowest BCUT2D eigenvalue weighted by atomic mass is 9.95. The molecule has 2 amide bonds. The van der Waals surface area contributed by atoms with Crippen LogP contribution in [0.3, 0.4) is 0 Å². The molecule has 2 aliphatic heterocycles. The zero-order valence-electron chi connectivity index (χ0n) is 28.7. The first-order chi connectivity index (χ1) is 21.6. The number of aromatic nitrogens is 3. The molecule has 0 saturated heterocycles.